The Kier molecular flexibility index (Phi) is 3.83. The van der Waals surface area contributed by atoms with Gasteiger partial charge in [-0.25, -0.2) is 4.39 Å². The number of carbonyl (C=O) groups is 2. The lowest BCUT2D eigenvalue weighted by Crippen LogP contribution is -2.21. The standard InChI is InChI=1S/C14H16FNO3/c1-8-4-11(15)7-12(5-8)16-13(17)9-2-3-10(6-9)14(18)19/h4-5,7,9-10H,2-3,6H2,1H3,(H,16,17)(H,18,19)/t9-,10+/m1/s1. The van der Waals surface area contributed by atoms with E-state index in [2.05, 4.69) is 5.32 Å². The number of carboxylic acids is 1. The van der Waals surface area contributed by atoms with Gasteiger partial charge in [0.15, 0.2) is 0 Å². The van der Waals surface area contributed by atoms with Gasteiger partial charge in [0.05, 0.1) is 5.92 Å². The fraction of sp³-hybridized carbons (Fsp3) is 0.429. The fourth-order valence-electron chi connectivity index (χ4n) is 2.50. The van der Waals surface area contributed by atoms with Crippen LogP contribution in [0.5, 0.6) is 0 Å². The van der Waals surface area contributed by atoms with E-state index in [1.54, 1.807) is 13.0 Å². The Hall–Kier alpha value is -1.91. The van der Waals surface area contributed by atoms with Crippen LogP contribution < -0.4 is 5.32 Å². The van der Waals surface area contributed by atoms with Gasteiger partial charge in [-0.1, -0.05) is 0 Å². The number of rotatable bonds is 3. The van der Waals surface area contributed by atoms with Crippen LogP contribution in [-0.2, 0) is 9.59 Å². The molecule has 0 saturated heterocycles. The Morgan fingerprint density at radius 2 is 1.95 bits per heavy atom. The van der Waals surface area contributed by atoms with Gasteiger partial charge in [0.25, 0.3) is 0 Å². The summed E-state index contributed by atoms with van der Waals surface area (Å²) in [4.78, 5) is 22.8. The summed E-state index contributed by atoms with van der Waals surface area (Å²) in [6.45, 7) is 1.74. The molecule has 2 N–H and O–H groups in total. The quantitative estimate of drug-likeness (QED) is 0.882. The number of hydrogen-bond donors (Lipinski definition) is 2. The zero-order chi connectivity index (χ0) is 14.0. The van der Waals surface area contributed by atoms with Gasteiger partial charge >= 0.3 is 5.97 Å². The molecule has 0 spiro atoms. The minimum absolute atomic E-state index is 0.228. The maximum atomic E-state index is 13.2. The molecule has 102 valence electrons. The number of halogens is 1. The van der Waals surface area contributed by atoms with Crippen molar-refractivity contribution in [3.63, 3.8) is 0 Å². The zero-order valence-corrected chi connectivity index (χ0v) is 10.6. The second-order valence-corrected chi connectivity index (χ2v) is 5.05. The van der Waals surface area contributed by atoms with Gasteiger partial charge in [0.1, 0.15) is 5.82 Å². The Morgan fingerprint density at radius 3 is 2.53 bits per heavy atom. The number of hydrogen-bond acceptors (Lipinski definition) is 2. The molecule has 0 aromatic heterocycles. The lowest BCUT2D eigenvalue weighted by molar-refractivity contribution is -0.141. The van der Waals surface area contributed by atoms with Crippen LogP contribution >= 0.6 is 0 Å². The van der Waals surface area contributed by atoms with Gasteiger partial charge < -0.3 is 10.4 Å². The first-order valence-corrected chi connectivity index (χ1v) is 6.26. The number of anilines is 1. The van der Waals surface area contributed by atoms with Crippen molar-refractivity contribution >= 4 is 17.6 Å². The van der Waals surface area contributed by atoms with Crippen molar-refractivity contribution in [2.45, 2.75) is 26.2 Å². The second kappa shape index (κ2) is 5.38. The van der Waals surface area contributed by atoms with E-state index < -0.39 is 17.7 Å². The van der Waals surface area contributed by atoms with Crippen molar-refractivity contribution in [3.05, 3.63) is 29.6 Å². The summed E-state index contributed by atoms with van der Waals surface area (Å²) in [6, 6.07) is 4.32. The summed E-state index contributed by atoms with van der Waals surface area (Å²) in [7, 11) is 0. The third-order valence-corrected chi connectivity index (χ3v) is 3.46. The maximum Gasteiger partial charge on any atom is 0.306 e. The summed E-state index contributed by atoms with van der Waals surface area (Å²) in [5.41, 5.74) is 1.14. The first kappa shape index (κ1) is 13.5. The van der Waals surface area contributed by atoms with Crippen LogP contribution in [0.3, 0.4) is 0 Å². The van der Waals surface area contributed by atoms with Crippen molar-refractivity contribution in [1.29, 1.82) is 0 Å². The van der Waals surface area contributed by atoms with Gasteiger partial charge in [0, 0.05) is 11.6 Å². The van der Waals surface area contributed by atoms with E-state index in [0.717, 1.165) is 5.56 Å². The predicted molar refractivity (Wildman–Crippen MR) is 68.2 cm³/mol. The third kappa shape index (κ3) is 3.30. The zero-order valence-electron chi connectivity index (χ0n) is 10.6. The lowest BCUT2D eigenvalue weighted by atomic mass is 10.0. The summed E-state index contributed by atoms with van der Waals surface area (Å²) in [5, 5.41) is 11.5. The van der Waals surface area contributed by atoms with Crippen molar-refractivity contribution in [2.75, 3.05) is 5.32 Å². The lowest BCUT2D eigenvalue weighted by Gasteiger charge is -2.11. The molecule has 5 heteroatoms. The predicted octanol–water partition coefficient (Wildman–Crippen LogP) is 2.57. The third-order valence-electron chi connectivity index (χ3n) is 3.46. The number of carboxylic acid groups (broad SMARTS) is 1. The normalized spacial score (nSPS) is 22.2. The van der Waals surface area contributed by atoms with Crippen LogP contribution in [0.4, 0.5) is 10.1 Å². The Labute approximate surface area is 110 Å². The highest BCUT2D eigenvalue weighted by molar-refractivity contribution is 5.93. The van der Waals surface area contributed by atoms with Crippen LogP contribution in [-0.4, -0.2) is 17.0 Å². The SMILES string of the molecule is Cc1cc(F)cc(NC(=O)[C@@H]2CC[C@H](C(=O)O)C2)c1. The second-order valence-electron chi connectivity index (χ2n) is 5.05. The number of nitrogens with one attached hydrogen (secondary N) is 1. The molecular weight excluding hydrogens is 249 g/mol. The first-order chi connectivity index (χ1) is 8.95. The molecule has 1 aromatic rings. The highest BCUT2D eigenvalue weighted by Gasteiger charge is 2.33. The van der Waals surface area contributed by atoms with Crippen LogP contribution in [0.15, 0.2) is 18.2 Å². The van der Waals surface area contributed by atoms with Crippen molar-refractivity contribution in [2.24, 2.45) is 11.8 Å². The molecule has 2 atom stereocenters. The molecule has 0 bridgehead atoms. The van der Waals surface area contributed by atoms with Gasteiger partial charge in [-0.05, 0) is 49.9 Å². The molecular formula is C14H16FNO3. The van der Waals surface area contributed by atoms with E-state index in [9.17, 15) is 14.0 Å². The van der Waals surface area contributed by atoms with Gasteiger partial charge in [-0.3, -0.25) is 9.59 Å². The Balaban J connectivity index is 2.00. The molecule has 0 heterocycles. The van der Waals surface area contributed by atoms with Gasteiger partial charge in [0.2, 0.25) is 5.91 Å². The fourth-order valence-corrected chi connectivity index (χ4v) is 2.50. The average molecular weight is 265 g/mol. The molecule has 1 aromatic carbocycles. The van der Waals surface area contributed by atoms with E-state index in [4.69, 9.17) is 5.11 Å². The number of carbonyl (C=O) groups excluding carboxylic acids is 1. The van der Waals surface area contributed by atoms with Crippen LogP contribution in [0.1, 0.15) is 24.8 Å². The highest BCUT2D eigenvalue weighted by Crippen LogP contribution is 2.32. The molecule has 0 radical (unpaired) electrons. The molecule has 0 aliphatic heterocycles. The summed E-state index contributed by atoms with van der Waals surface area (Å²) in [5.74, 6) is -2.22. The highest BCUT2D eigenvalue weighted by atomic mass is 19.1. The average Bonchev–Trinajstić information content (AvgIpc) is 2.76. The summed E-state index contributed by atoms with van der Waals surface area (Å²) < 4.78 is 13.2. The summed E-state index contributed by atoms with van der Waals surface area (Å²) in [6.07, 6.45) is 1.45. The van der Waals surface area contributed by atoms with Crippen molar-refractivity contribution in [3.8, 4) is 0 Å². The van der Waals surface area contributed by atoms with Crippen LogP contribution in [0.25, 0.3) is 0 Å². The molecule has 1 fully saturated rings. The van der Waals surface area contributed by atoms with E-state index in [-0.39, 0.29) is 11.8 Å². The van der Waals surface area contributed by atoms with E-state index in [1.165, 1.54) is 12.1 Å². The van der Waals surface area contributed by atoms with Crippen molar-refractivity contribution < 1.29 is 19.1 Å². The maximum absolute atomic E-state index is 13.2. The van der Waals surface area contributed by atoms with Crippen LogP contribution in [0.2, 0.25) is 0 Å². The van der Waals surface area contributed by atoms with E-state index in [0.29, 0.717) is 24.9 Å². The number of amides is 1. The molecule has 2 rings (SSSR count). The van der Waals surface area contributed by atoms with Gasteiger partial charge in [-0.2, -0.15) is 0 Å². The van der Waals surface area contributed by atoms with Crippen molar-refractivity contribution in [1.82, 2.24) is 0 Å². The molecule has 1 amide bonds. The number of aliphatic carboxylic acids is 1. The van der Waals surface area contributed by atoms with E-state index >= 15 is 0 Å². The van der Waals surface area contributed by atoms with Crippen LogP contribution in [0, 0.1) is 24.6 Å². The van der Waals surface area contributed by atoms with E-state index in [1.807, 2.05) is 0 Å². The smallest absolute Gasteiger partial charge is 0.306 e. The molecule has 0 unspecified atom stereocenters. The monoisotopic (exact) mass is 265 g/mol. The largest absolute Gasteiger partial charge is 0.481 e. The first-order valence-electron chi connectivity index (χ1n) is 6.26. The Morgan fingerprint density at radius 1 is 1.26 bits per heavy atom. The Bertz CT molecular complexity index is 495. The molecule has 1 aliphatic rings. The molecule has 4 nitrogen and oxygen atoms in total. The van der Waals surface area contributed by atoms with Gasteiger partial charge in [-0.15, -0.1) is 0 Å². The summed E-state index contributed by atoms with van der Waals surface area (Å²) >= 11 is 0. The molecule has 1 aliphatic carbocycles. The topological polar surface area (TPSA) is 66.4 Å². The minimum atomic E-state index is -0.850. The number of aryl methyl sites for hydroxylation is 1. The number of benzene rings is 1. The minimum Gasteiger partial charge on any atom is -0.481 e. The molecule has 1 saturated carbocycles. The molecule has 19 heavy (non-hydrogen) atoms.